The molecule has 0 bridgehead atoms. The van der Waals surface area contributed by atoms with Crippen LogP contribution in [0.2, 0.25) is 0 Å². The predicted octanol–water partition coefficient (Wildman–Crippen LogP) is 1.80. The van der Waals surface area contributed by atoms with Gasteiger partial charge in [0.25, 0.3) is 9.05 Å². The average Bonchev–Trinajstić information content (AvgIpc) is 2.14. The Morgan fingerprint density at radius 2 is 2.07 bits per heavy atom. The highest BCUT2D eigenvalue weighted by molar-refractivity contribution is 8.13. The van der Waals surface area contributed by atoms with Gasteiger partial charge < -0.3 is 4.74 Å². The smallest absolute Gasteiger partial charge is 0.265 e. The van der Waals surface area contributed by atoms with Crippen molar-refractivity contribution in [2.24, 2.45) is 0 Å². The molecule has 0 aliphatic carbocycles. The van der Waals surface area contributed by atoms with Crippen LogP contribution in [0.4, 0.5) is 0 Å². The normalized spacial score (nSPS) is 10.8. The topological polar surface area (TPSA) is 67.2 Å². The number of nitriles is 1. The summed E-state index contributed by atoms with van der Waals surface area (Å²) < 4.78 is 27.4. The van der Waals surface area contributed by atoms with Crippen molar-refractivity contribution in [3.63, 3.8) is 0 Å². The van der Waals surface area contributed by atoms with Gasteiger partial charge in [0.15, 0.2) is 0 Å². The van der Waals surface area contributed by atoms with Gasteiger partial charge in [-0.15, -0.1) is 0 Å². The van der Waals surface area contributed by atoms with E-state index >= 15 is 0 Å². The Bertz CT molecular complexity index is 531. The van der Waals surface area contributed by atoms with Crippen molar-refractivity contribution in [1.29, 1.82) is 5.26 Å². The van der Waals surface area contributed by atoms with E-state index in [2.05, 4.69) is 0 Å². The summed E-state index contributed by atoms with van der Waals surface area (Å²) in [6.07, 6.45) is 0. The molecule has 6 heteroatoms. The number of rotatable bonds is 2. The summed E-state index contributed by atoms with van der Waals surface area (Å²) in [6, 6.07) is 4.68. The maximum absolute atomic E-state index is 11.2. The number of nitrogens with zero attached hydrogens (tertiary/aromatic N) is 1. The van der Waals surface area contributed by atoms with Crippen molar-refractivity contribution in [3.05, 3.63) is 23.3 Å². The van der Waals surface area contributed by atoms with Gasteiger partial charge in [-0.05, 0) is 24.6 Å². The monoisotopic (exact) mass is 245 g/mol. The van der Waals surface area contributed by atoms with Gasteiger partial charge in [0.1, 0.15) is 10.6 Å². The third-order valence-corrected chi connectivity index (χ3v) is 3.31. The van der Waals surface area contributed by atoms with E-state index in [-0.39, 0.29) is 10.6 Å². The minimum atomic E-state index is -3.86. The molecule has 15 heavy (non-hydrogen) atoms. The van der Waals surface area contributed by atoms with E-state index in [4.69, 9.17) is 20.7 Å². The lowest BCUT2D eigenvalue weighted by atomic mass is 10.1. The van der Waals surface area contributed by atoms with Crippen LogP contribution in [0.3, 0.4) is 0 Å². The second kappa shape index (κ2) is 4.09. The molecule has 0 saturated carbocycles. The maximum atomic E-state index is 11.2. The van der Waals surface area contributed by atoms with E-state index in [1.165, 1.54) is 19.2 Å². The zero-order valence-corrected chi connectivity index (χ0v) is 9.69. The predicted molar refractivity (Wildman–Crippen MR) is 55.5 cm³/mol. The molecule has 80 valence electrons. The Kier molecular flexibility index (Phi) is 3.22. The molecule has 0 spiro atoms. The van der Waals surface area contributed by atoms with Crippen molar-refractivity contribution < 1.29 is 13.2 Å². The molecule has 0 fully saturated rings. The lowest BCUT2D eigenvalue weighted by Gasteiger charge is -2.08. The average molecular weight is 246 g/mol. The number of hydrogen-bond acceptors (Lipinski definition) is 4. The lowest BCUT2D eigenvalue weighted by Crippen LogP contribution is -2.00. The second-order valence-corrected chi connectivity index (χ2v) is 5.38. The van der Waals surface area contributed by atoms with Gasteiger partial charge in [0.05, 0.1) is 18.7 Å². The molecule has 0 atom stereocenters. The maximum Gasteiger partial charge on any atom is 0.265 e. The summed E-state index contributed by atoms with van der Waals surface area (Å²) in [7, 11) is 2.71. The highest BCUT2D eigenvalue weighted by atomic mass is 35.7. The third-order valence-electron chi connectivity index (χ3n) is 1.83. The third kappa shape index (κ3) is 2.41. The van der Waals surface area contributed by atoms with Gasteiger partial charge in [-0.2, -0.15) is 5.26 Å². The van der Waals surface area contributed by atoms with Crippen LogP contribution >= 0.6 is 10.7 Å². The number of methoxy groups -OCH3 is 1. The van der Waals surface area contributed by atoms with Crippen LogP contribution in [0.25, 0.3) is 0 Å². The zero-order chi connectivity index (χ0) is 11.6. The molecule has 0 radical (unpaired) electrons. The number of ether oxygens (including phenoxy) is 1. The summed E-state index contributed by atoms with van der Waals surface area (Å²) in [5, 5.41) is 8.69. The molecule has 1 aromatic carbocycles. The first-order valence-corrected chi connectivity index (χ1v) is 6.24. The molecular formula is C9H8ClNO3S. The van der Waals surface area contributed by atoms with Crippen LogP contribution in [0.1, 0.15) is 11.1 Å². The molecule has 1 rings (SSSR count). The fourth-order valence-corrected chi connectivity index (χ4v) is 2.69. The van der Waals surface area contributed by atoms with Gasteiger partial charge in [0, 0.05) is 10.7 Å². The van der Waals surface area contributed by atoms with Gasteiger partial charge in [-0.25, -0.2) is 8.42 Å². The van der Waals surface area contributed by atoms with E-state index in [0.29, 0.717) is 11.1 Å². The fourth-order valence-electron chi connectivity index (χ4n) is 1.27. The SMILES string of the molecule is COc1cc(C#N)cc(C)c1S(=O)(=O)Cl. The second-order valence-electron chi connectivity index (χ2n) is 2.87. The summed E-state index contributed by atoms with van der Waals surface area (Å²) in [4.78, 5) is -0.0920. The first kappa shape index (κ1) is 11.8. The molecular weight excluding hydrogens is 238 g/mol. The number of aryl methyl sites for hydroxylation is 1. The summed E-state index contributed by atoms with van der Waals surface area (Å²) in [6.45, 7) is 1.55. The minimum Gasteiger partial charge on any atom is -0.495 e. The van der Waals surface area contributed by atoms with Crippen molar-refractivity contribution in [2.45, 2.75) is 11.8 Å². The Balaban J connectivity index is 3.61. The number of hydrogen-bond donors (Lipinski definition) is 0. The molecule has 4 nitrogen and oxygen atoms in total. The van der Waals surface area contributed by atoms with Gasteiger partial charge in [0.2, 0.25) is 0 Å². The first-order valence-electron chi connectivity index (χ1n) is 3.93. The molecule has 0 amide bonds. The molecule has 0 aliphatic rings. The lowest BCUT2D eigenvalue weighted by molar-refractivity contribution is 0.402. The molecule has 0 unspecified atom stereocenters. The van der Waals surface area contributed by atoms with E-state index < -0.39 is 9.05 Å². The summed E-state index contributed by atoms with van der Waals surface area (Å²) in [5.41, 5.74) is 0.717. The van der Waals surface area contributed by atoms with Crippen LogP contribution in [-0.2, 0) is 9.05 Å². The van der Waals surface area contributed by atoms with Crippen molar-refractivity contribution in [3.8, 4) is 11.8 Å². The highest BCUT2D eigenvalue weighted by Crippen LogP contribution is 2.31. The molecule has 0 aliphatic heterocycles. The van der Waals surface area contributed by atoms with E-state index in [0.717, 1.165) is 0 Å². The first-order chi connectivity index (χ1) is 6.90. The number of halogens is 1. The largest absolute Gasteiger partial charge is 0.495 e. The van der Waals surface area contributed by atoms with Crippen molar-refractivity contribution >= 4 is 19.7 Å². The van der Waals surface area contributed by atoms with Gasteiger partial charge in [-0.1, -0.05) is 0 Å². The molecule has 0 N–H and O–H groups in total. The summed E-state index contributed by atoms with van der Waals surface area (Å²) in [5.74, 6) is 0.0848. The molecule has 0 heterocycles. The fraction of sp³-hybridized carbons (Fsp3) is 0.222. The summed E-state index contributed by atoms with van der Waals surface area (Å²) >= 11 is 0. The number of benzene rings is 1. The highest BCUT2D eigenvalue weighted by Gasteiger charge is 2.20. The van der Waals surface area contributed by atoms with E-state index in [1.807, 2.05) is 6.07 Å². The Morgan fingerprint density at radius 1 is 1.47 bits per heavy atom. The standard InChI is InChI=1S/C9H8ClNO3S/c1-6-3-7(5-11)4-8(14-2)9(6)15(10,12)13/h3-4H,1-2H3. The Labute approximate surface area is 92.5 Å². The van der Waals surface area contributed by atoms with Crippen LogP contribution in [-0.4, -0.2) is 15.5 Å². The Morgan fingerprint density at radius 3 is 2.47 bits per heavy atom. The van der Waals surface area contributed by atoms with Crippen LogP contribution in [0.5, 0.6) is 5.75 Å². The quantitative estimate of drug-likeness (QED) is 0.745. The van der Waals surface area contributed by atoms with E-state index in [1.54, 1.807) is 6.92 Å². The zero-order valence-electron chi connectivity index (χ0n) is 8.11. The van der Waals surface area contributed by atoms with Crippen LogP contribution in [0, 0.1) is 18.3 Å². The molecule has 0 saturated heterocycles. The molecule has 0 aromatic heterocycles. The molecule has 1 aromatic rings. The van der Waals surface area contributed by atoms with Gasteiger partial charge in [-0.3, -0.25) is 0 Å². The van der Waals surface area contributed by atoms with E-state index in [9.17, 15) is 8.42 Å². The minimum absolute atomic E-state index is 0.0848. The van der Waals surface area contributed by atoms with Crippen LogP contribution < -0.4 is 4.74 Å². The van der Waals surface area contributed by atoms with Crippen LogP contribution in [0.15, 0.2) is 17.0 Å². The van der Waals surface area contributed by atoms with Crippen molar-refractivity contribution in [1.82, 2.24) is 0 Å². The Hall–Kier alpha value is -1.25. The van der Waals surface area contributed by atoms with Crippen molar-refractivity contribution in [2.75, 3.05) is 7.11 Å². The van der Waals surface area contributed by atoms with Gasteiger partial charge >= 0.3 is 0 Å².